The third-order valence-electron chi connectivity index (χ3n) is 8.69. The fourth-order valence-corrected chi connectivity index (χ4v) is 7.07. The number of aliphatic hydroxyl groups is 3. The van der Waals surface area contributed by atoms with Crippen LogP contribution in [0.5, 0.6) is 5.75 Å². The summed E-state index contributed by atoms with van der Waals surface area (Å²) in [7, 11) is 3.24. The molecule has 1 amide bonds. The number of aromatic hydroxyl groups is 1. The maximum Gasteiger partial charge on any atom is 0.255 e. The maximum atomic E-state index is 13.8. The Morgan fingerprint density at radius 1 is 1.06 bits per heavy atom. The first-order chi connectivity index (χ1) is 17.0. The van der Waals surface area contributed by atoms with Gasteiger partial charge < -0.3 is 26.2 Å². The highest BCUT2D eigenvalue weighted by atomic mass is 16.3. The van der Waals surface area contributed by atoms with Gasteiger partial charge in [0.2, 0.25) is 5.78 Å². The maximum absolute atomic E-state index is 13.8. The lowest BCUT2D eigenvalue weighted by Crippen LogP contribution is -2.63. The van der Waals surface area contributed by atoms with Crippen LogP contribution in [-0.2, 0) is 16.0 Å². The van der Waals surface area contributed by atoms with Crippen molar-refractivity contribution in [2.45, 2.75) is 62.5 Å². The fraction of sp³-hybridized carbons (Fsp3) is 0.519. The Kier molecular flexibility index (Phi) is 5.76. The van der Waals surface area contributed by atoms with Crippen molar-refractivity contribution in [2.24, 2.45) is 17.6 Å². The second-order valence-corrected chi connectivity index (χ2v) is 10.8. The standard InChI is InChI=1S/C27H32N2O7/c1-29(2)21-16-11-13-10-15-14(12-6-4-3-5-7-12)8-9-17(30)19(15)22(31)18(13)24(33)27(16,36)25(34)20(23(21)32)26(28)35/h8-9,12-13,16,21,30,32-33,36H,3-7,10-11H2,1-2H3,(H2,28,35)/t13-,16-,21-,27-/m0/s1. The molecule has 4 aliphatic carbocycles. The molecule has 0 saturated heterocycles. The van der Waals surface area contributed by atoms with Gasteiger partial charge in [0.05, 0.1) is 11.6 Å². The number of hydrogen-bond acceptors (Lipinski definition) is 8. The molecule has 0 radical (unpaired) electrons. The molecular formula is C27H32N2O7. The number of Topliss-reactive ketones (excluding diaryl/α,β-unsaturated/α-hetero) is 2. The number of carbonyl (C=O) groups excluding carboxylic acids is 3. The van der Waals surface area contributed by atoms with Crippen LogP contribution < -0.4 is 5.73 Å². The topological polar surface area (TPSA) is 161 Å². The third-order valence-corrected chi connectivity index (χ3v) is 8.69. The van der Waals surface area contributed by atoms with Gasteiger partial charge in [-0.05, 0) is 68.8 Å². The molecule has 0 aromatic heterocycles. The predicted molar refractivity (Wildman–Crippen MR) is 130 cm³/mol. The number of likely N-dealkylation sites (N-methyl/N-ethyl adjacent to an activating group) is 1. The largest absolute Gasteiger partial charge is 0.510 e. The lowest BCUT2D eigenvalue weighted by molar-refractivity contribution is -0.148. The molecule has 9 nitrogen and oxygen atoms in total. The fourth-order valence-electron chi connectivity index (χ4n) is 7.07. The highest BCUT2D eigenvalue weighted by molar-refractivity contribution is 6.24. The molecular weight excluding hydrogens is 464 g/mol. The van der Waals surface area contributed by atoms with Gasteiger partial charge in [0, 0.05) is 11.5 Å². The molecule has 1 fully saturated rings. The minimum atomic E-state index is -2.61. The van der Waals surface area contributed by atoms with Crippen molar-refractivity contribution in [3.8, 4) is 5.75 Å². The number of rotatable bonds is 3. The molecule has 36 heavy (non-hydrogen) atoms. The first kappa shape index (κ1) is 24.5. The number of fused-ring (bicyclic) bond motifs is 3. The average molecular weight is 497 g/mol. The van der Waals surface area contributed by atoms with Crippen LogP contribution in [0.4, 0.5) is 0 Å². The van der Waals surface area contributed by atoms with E-state index in [2.05, 4.69) is 0 Å². The van der Waals surface area contributed by atoms with E-state index in [0.29, 0.717) is 6.42 Å². The van der Waals surface area contributed by atoms with Gasteiger partial charge in [-0.3, -0.25) is 19.3 Å². The smallest absolute Gasteiger partial charge is 0.255 e. The number of nitrogens with two attached hydrogens (primary N) is 1. The third kappa shape index (κ3) is 3.25. The van der Waals surface area contributed by atoms with Crippen molar-refractivity contribution >= 4 is 17.5 Å². The predicted octanol–water partition coefficient (Wildman–Crippen LogP) is 2.17. The van der Waals surface area contributed by atoms with Gasteiger partial charge in [-0.1, -0.05) is 25.3 Å². The summed E-state index contributed by atoms with van der Waals surface area (Å²) in [4.78, 5) is 40.7. The van der Waals surface area contributed by atoms with Crippen molar-refractivity contribution in [2.75, 3.05) is 14.1 Å². The molecule has 0 aliphatic heterocycles. The second-order valence-electron chi connectivity index (χ2n) is 10.8. The highest BCUT2D eigenvalue weighted by Gasteiger charge is 2.63. The van der Waals surface area contributed by atoms with Crippen LogP contribution in [-0.4, -0.2) is 68.5 Å². The number of amides is 1. The van der Waals surface area contributed by atoms with Gasteiger partial charge in [0.25, 0.3) is 5.91 Å². The van der Waals surface area contributed by atoms with E-state index >= 15 is 0 Å². The van der Waals surface area contributed by atoms with Gasteiger partial charge in [0.15, 0.2) is 11.4 Å². The van der Waals surface area contributed by atoms with E-state index in [9.17, 15) is 34.8 Å². The molecule has 1 aromatic carbocycles. The van der Waals surface area contributed by atoms with Gasteiger partial charge >= 0.3 is 0 Å². The van der Waals surface area contributed by atoms with E-state index in [4.69, 9.17) is 5.73 Å². The van der Waals surface area contributed by atoms with Crippen LogP contribution in [0.1, 0.15) is 65.9 Å². The summed E-state index contributed by atoms with van der Waals surface area (Å²) in [5, 5.41) is 44.5. The van der Waals surface area contributed by atoms with Gasteiger partial charge in [-0.15, -0.1) is 0 Å². The van der Waals surface area contributed by atoms with Crippen LogP contribution in [0.3, 0.4) is 0 Å². The van der Waals surface area contributed by atoms with Crippen LogP contribution in [0.2, 0.25) is 0 Å². The number of allylic oxidation sites excluding steroid dienone is 1. The molecule has 5 rings (SSSR count). The number of carbonyl (C=O) groups is 3. The van der Waals surface area contributed by atoms with Crippen molar-refractivity contribution < 1.29 is 34.8 Å². The SMILES string of the molecule is CN(C)[C@@H]1C(O)=C(C(N)=O)C(=O)[C@@]2(O)C(O)=C3C(=O)c4c(O)ccc(C5CCCCC5)c4C[C@H]3C[C@@H]12. The van der Waals surface area contributed by atoms with Gasteiger partial charge in [-0.25, -0.2) is 0 Å². The molecule has 9 heteroatoms. The molecule has 1 aromatic rings. The molecule has 0 bridgehead atoms. The minimum absolute atomic E-state index is 0.0962. The summed E-state index contributed by atoms with van der Waals surface area (Å²) in [5.41, 5.74) is 3.70. The van der Waals surface area contributed by atoms with Crippen molar-refractivity contribution in [1.82, 2.24) is 4.90 Å². The summed E-state index contributed by atoms with van der Waals surface area (Å²) in [6.07, 6.45) is 5.80. The summed E-state index contributed by atoms with van der Waals surface area (Å²) in [6.45, 7) is 0. The zero-order valence-electron chi connectivity index (χ0n) is 20.5. The number of phenols is 1. The number of hydrogen-bond donors (Lipinski definition) is 5. The summed E-state index contributed by atoms with van der Waals surface area (Å²) in [6, 6.07) is 2.39. The van der Waals surface area contributed by atoms with Crippen LogP contribution in [0, 0.1) is 11.8 Å². The zero-order valence-corrected chi connectivity index (χ0v) is 20.5. The minimum Gasteiger partial charge on any atom is -0.510 e. The monoisotopic (exact) mass is 496 g/mol. The van der Waals surface area contributed by atoms with Crippen molar-refractivity contribution in [3.63, 3.8) is 0 Å². The average Bonchev–Trinajstić information content (AvgIpc) is 2.81. The Labute approximate surface area is 208 Å². The first-order valence-corrected chi connectivity index (χ1v) is 12.5. The molecule has 4 atom stereocenters. The quantitative estimate of drug-likeness (QED) is 0.398. The Morgan fingerprint density at radius 2 is 1.72 bits per heavy atom. The number of aliphatic hydroxyl groups excluding tert-OH is 2. The molecule has 6 N–H and O–H groups in total. The molecule has 0 spiro atoms. The number of ketones is 2. The van der Waals surface area contributed by atoms with Crippen LogP contribution in [0.25, 0.3) is 0 Å². The summed E-state index contributed by atoms with van der Waals surface area (Å²) in [5.74, 6) is -5.97. The van der Waals surface area contributed by atoms with E-state index in [1.54, 1.807) is 19.0 Å². The molecule has 4 aliphatic rings. The summed E-state index contributed by atoms with van der Waals surface area (Å²) < 4.78 is 0. The number of benzene rings is 1. The van der Waals surface area contributed by atoms with Crippen molar-refractivity contribution in [3.05, 3.63) is 51.5 Å². The Hall–Kier alpha value is -3.17. The Balaban J connectivity index is 1.69. The zero-order chi connectivity index (χ0) is 26.1. The highest BCUT2D eigenvalue weighted by Crippen LogP contribution is 2.53. The normalized spacial score (nSPS) is 30.8. The lowest BCUT2D eigenvalue weighted by Gasteiger charge is -2.50. The van der Waals surface area contributed by atoms with Gasteiger partial charge in [0.1, 0.15) is 22.8 Å². The van der Waals surface area contributed by atoms with Crippen LogP contribution in [0.15, 0.2) is 34.8 Å². The first-order valence-electron chi connectivity index (χ1n) is 12.5. The summed E-state index contributed by atoms with van der Waals surface area (Å²) >= 11 is 0. The molecule has 1 saturated carbocycles. The number of nitrogens with zero attached hydrogens (tertiary/aromatic N) is 1. The van der Waals surface area contributed by atoms with E-state index in [-0.39, 0.29) is 29.2 Å². The van der Waals surface area contributed by atoms with Gasteiger partial charge in [-0.2, -0.15) is 0 Å². The molecule has 0 heterocycles. The molecule has 192 valence electrons. The lowest BCUT2D eigenvalue weighted by atomic mass is 9.58. The Morgan fingerprint density at radius 3 is 2.33 bits per heavy atom. The van der Waals surface area contributed by atoms with E-state index in [1.807, 2.05) is 6.07 Å². The van der Waals surface area contributed by atoms with Crippen molar-refractivity contribution in [1.29, 1.82) is 0 Å². The number of primary amides is 1. The second kappa shape index (κ2) is 8.45. The Bertz CT molecular complexity index is 1240. The number of phenolic OH excluding ortho intramolecular Hbond substituents is 1. The molecule has 0 unspecified atom stereocenters. The van der Waals surface area contributed by atoms with E-state index < -0.39 is 58.0 Å². The van der Waals surface area contributed by atoms with E-state index in [0.717, 1.165) is 36.8 Å². The van der Waals surface area contributed by atoms with E-state index in [1.165, 1.54) is 12.5 Å². The van der Waals surface area contributed by atoms with Crippen LogP contribution >= 0.6 is 0 Å².